The molecule has 1 aromatic heterocycles. The molecule has 0 aliphatic carbocycles. The SMILES string of the molecule is CC[C@H]1COCCc2nc(C(=O)NCc3ccc(F)cc3)c(O)c(=O)n21. The Labute approximate surface area is 149 Å². The molecular weight excluding hydrogens is 341 g/mol. The number of rotatable bonds is 4. The maximum absolute atomic E-state index is 12.9. The van der Waals surface area contributed by atoms with Crippen molar-refractivity contribution in [3.63, 3.8) is 0 Å². The number of hydrogen-bond donors (Lipinski definition) is 2. The first kappa shape index (κ1) is 18.1. The van der Waals surface area contributed by atoms with Gasteiger partial charge in [-0.2, -0.15) is 0 Å². The van der Waals surface area contributed by atoms with E-state index >= 15 is 0 Å². The summed E-state index contributed by atoms with van der Waals surface area (Å²) in [6, 6.07) is 5.43. The summed E-state index contributed by atoms with van der Waals surface area (Å²) in [5.41, 5.74) is -0.260. The second-order valence-electron chi connectivity index (χ2n) is 6.10. The van der Waals surface area contributed by atoms with E-state index in [2.05, 4.69) is 10.3 Å². The number of nitrogens with zero attached hydrogens (tertiary/aromatic N) is 2. The van der Waals surface area contributed by atoms with Crippen LogP contribution in [-0.4, -0.2) is 33.8 Å². The van der Waals surface area contributed by atoms with Gasteiger partial charge in [0.1, 0.15) is 11.6 Å². The maximum Gasteiger partial charge on any atom is 0.296 e. The van der Waals surface area contributed by atoms with Crippen molar-refractivity contribution in [1.29, 1.82) is 0 Å². The van der Waals surface area contributed by atoms with Crippen molar-refractivity contribution >= 4 is 5.91 Å². The van der Waals surface area contributed by atoms with Crippen LogP contribution in [0.1, 0.15) is 41.3 Å². The number of halogens is 1. The third-order valence-corrected chi connectivity index (χ3v) is 4.36. The lowest BCUT2D eigenvalue weighted by molar-refractivity contribution is 0.0941. The molecule has 2 heterocycles. The van der Waals surface area contributed by atoms with Crippen molar-refractivity contribution in [2.45, 2.75) is 32.4 Å². The van der Waals surface area contributed by atoms with E-state index in [-0.39, 0.29) is 24.1 Å². The van der Waals surface area contributed by atoms with Crippen LogP contribution >= 0.6 is 0 Å². The zero-order chi connectivity index (χ0) is 18.7. The minimum atomic E-state index is -0.675. The van der Waals surface area contributed by atoms with Crippen LogP contribution in [0.2, 0.25) is 0 Å². The summed E-state index contributed by atoms with van der Waals surface area (Å²) in [4.78, 5) is 29.2. The fourth-order valence-electron chi connectivity index (χ4n) is 2.91. The van der Waals surface area contributed by atoms with Crippen LogP contribution in [0.4, 0.5) is 4.39 Å². The summed E-state index contributed by atoms with van der Waals surface area (Å²) in [6.45, 7) is 2.79. The summed E-state index contributed by atoms with van der Waals surface area (Å²) < 4.78 is 19.8. The molecule has 3 rings (SSSR count). The van der Waals surface area contributed by atoms with Gasteiger partial charge in [0.25, 0.3) is 11.5 Å². The van der Waals surface area contributed by atoms with Gasteiger partial charge < -0.3 is 15.2 Å². The van der Waals surface area contributed by atoms with E-state index in [4.69, 9.17) is 4.74 Å². The molecule has 26 heavy (non-hydrogen) atoms. The first-order valence-corrected chi connectivity index (χ1v) is 8.46. The van der Waals surface area contributed by atoms with E-state index < -0.39 is 17.2 Å². The Morgan fingerprint density at radius 1 is 1.42 bits per heavy atom. The van der Waals surface area contributed by atoms with Gasteiger partial charge in [0.05, 0.1) is 19.3 Å². The predicted molar refractivity (Wildman–Crippen MR) is 91.6 cm³/mol. The lowest BCUT2D eigenvalue weighted by Crippen LogP contribution is -2.33. The van der Waals surface area contributed by atoms with Gasteiger partial charge in [-0.25, -0.2) is 9.37 Å². The predicted octanol–water partition coefficient (Wildman–Crippen LogP) is 1.54. The molecule has 0 saturated heterocycles. The van der Waals surface area contributed by atoms with Crippen LogP contribution in [0.15, 0.2) is 29.1 Å². The number of fused-ring (bicyclic) bond motifs is 1. The molecule has 138 valence electrons. The Balaban J connectivity index is 1.87. The molecular formula is C18H20FN3O4. The molecule has 1 aliphatic heterocycles. The monoisotopic (exact) mass is 361 g/mol. The molecule has 0 fully saturated rings. The average Bonchev–Trinajstić information content (AvgIpc) is 2.86. The summed E-state index contributed by atoms with van der Waals surface area (Å²) in [5, 5.41) is 12.8. The molecule has 0 unspecified atom stereocenters. The van der Waals surface area contributed by atoms with E-state index in [1.54, 1.807) is 0 Å². The highest BCUT2D eigenvalue weighted by molar-refractivity contribution is 5.94. The summed E-state index contributed by atoms with van der Waals surface area (Å²) in [5.74, 6) is -1.29. The Morgan fingerprint density at radius 2 is 2.15 bits per heavy atom. The highest BCUT2D eigenvalue weighted by atomic mass is 19.1. The summed E-state index contributed by atoms with van der Waals surface area (Å²) in [7, 11) is 0. The number of carbonyl (C=O) groups is 1. The Bertz CT molecular complexity index is 864. The van der Waals surface area contributed by atoms with Gasteiger partial charge >= 0.3 is 0 Å². The van der Waals surface area contributed by atoms with Gasteiger partial charge in [-0.05, 0) is 24.1 Å². The molecule has 1 aromatic carbocycles. The van der Waals surface area contributed by atoms with Crippen LogP contribution < -0.4 is 10.9 Å². The molecule has 7 nitrogen and oxygen atoms in total. The highest BCUT2D eigenvalue weighted by Crippen LogP contribution is 2.19. The van der Waals surface area contributed by atoms with E-state index in [0.717, 1.165) is 0 Å². The van der Waals surface area contributed by atoms with Gasteiger partial charge in [-0.3, -0.25) is 14.2 Å². The normalized spacial score (nSPS) is 16.6. The number of benzene rings is 1. The van der Waals surface area contributed by atoms with Crippen molar-refractivity contribution in [3.05, 3.63) is 57.5 Å². The van der Waals surface area contributed by atoms with Crippen LogP contribution in [0.5, 0.6) is 5.75 Å². The first-order valence-electron chi connectivity index (χ1n) is 8.46. The lowest BCUT2D eigenvalue weighted by atomic mass is 10.2. The highest BCUT2D eigenvalue weighted by Gasteiger charge is 2.26. The zero-order valence-electron chi connectivity index (χ0n) is 14.4. The average molecular weight is 361 g/mol. The second-order valence-corrected chi connectivity index (χ2v) is 6.10. The molecule has 2 aromatic rings. The number of carbonyl (C=O) groups excluding carboxylic acids is 1. The minimum absolute atomic E-state index is 0.124. The molecule has 2 N–H and O–H groups in total. The standard InChI is InChI=1S/C18H20FN3O4/c1-2-13-10-26-8-7-14-21-15(16(23)18(25)22(13)14)17(24)20-9-11-3-5-12(19)6-4-11/h3-6,13,23H,2,7-10H2,1H3,(H,20,24)/t13-/m0/s1. The minimum Gasteiger partial charge on any atom is -0.501 e. The van der Waals surface area contributed by atoms with Crippen molar-refractivity contribution in [3.8, 4) is 5.75 Å². The molecule has 1 amide bonds. The molecule has 0 saturated carbocycles. The van der Waals surface area contributed by atoms with E-state index in [0.29, 0.717) is 37.4 Å². The third-order valence-electron chi connectivity index (χ3n) is 4.36. The molecule has 1 aliphatic rings. The topological polar surface area (TPSA) is 93.5 Å². The number of nitrogens with one attached hydrogen (secondary N) is 1. The summed E-state index contributed by atoms with van der Waals surface area (Å²) in [6.07, 6.45) is 1.02. The van der Waals surface area contributed by atoms with E-state index in [9.17, 15) is 19.1 Å². The van der Waals surface area contributed by atoms with Crippen LogP contribution in [-0.2, 0) is 17.7 Å². The van der Waals surface area contributed by atoms with Crippen LogP contribution in [0.25, 0.3) is 0 Å². The molecule has 0 bridgehead atoms. The molecule has 1 atom stereocenters. The van der Waals surface area contributed by atoms with Crippen LogP contribution in [0.3, 0.4) is 0 Å². The Morgan fingerprint density at radius 3 is 2.85 bits per heavy atom. The second kappa shape index (κ2) is 7.65. The van der Waals surface area contributed by atoms with Crippen LogP contribution in [0, 0.1) is 5.82 Å². The fourth-order valence-corrected chi connectivity index (χ4v) is 2.91. The molecule has 0 radical (unpaired) electrons. The number of hydrogen-bond acceptors (Lipinski definition) is 5. The Kier molecular flexibility index (Phi) is 5.32. The number of aromatic nitrogens is 2. The van der Waals surface area contributed by atoms with Gasteiger partial charge in [0.2, 0.25) is 5.75 Å². The first-order chi connectivity index (χ1) is 12.5. The quantitative estimate of drug-likeness (QED) is 0.862. The van der Waals surface area contributed by atoms with Crippen molar-refractivity contribution < 1.29 is 19.0 Å². The van der Waals surface area contributed by atoms with Gasteiger partial charge in [0, 0.05) is 13.0 Å². The molecule has 0 spiro atoms. The lowest BCUT2D eigenvalue weighted by Gasteiger charge is -2.18. The maximum atomic E-state index is 12.9. The molecule has 8 heteroatoms. The van der Waals surface area contributed by atoms with Gasteiger partial charge in [-0.1, -0.05) is 19.1 Å². The van der Waals surface area contributed by atoms with Gasteiger partial charge in [0.15, 0.2) is 5.69 Å². The van der Waals surface area contributed by atoms with Gasteiger partial charge in [-0.15, -0.1) is 0 Å². The smallest absolute Gasteiger partial charge is 0.296 e. The van der Waals surface area contributed by atoms with Crippen molar-refractivity contribution in [1.82, 2.24) is 14.9 Å². The number of ether oxygens (including phenoxy) is 1. The largest absolute Gasteiger partial charge is 0.501 e. The Hall–Kier alpha value is -2.74. The third kappa shape index (κ3) is 3.60. The fraction of sp³-hybridized carbons (Fsp3) is 0.389. The van der Waals surface area contributed by atoms with Crippen molar-refractivity contribution in [2.24, 2.45) is 0 Å². The summed E-state index contributed by atoms with van der Waals surface area (Å²) >= 11 is 0. The zero-order valence-corrected chi connectivity index (χ0v) is 14.4. The number of aromatic hydroxyl groups is 1. The van der Waals surface area contributed by atoms with Crippen molar-refractivity contribution in [2.75, 3.05) is 13.2 Å². The van der Waals surface area contributed by atoms with E-state index in [1.165, 1.54) is 28.8 Å². The van der Waals surface area contributed by atoms with E-state index in [1.807, 2.05) is 6.92 Å². The number of amides is 1.